The smallest absolute Gasteiger partial charge is 0.259 e. The predicted molar refractivity (Wildman–Crippen MR) is 76.5 cm³/mol. The minimum atomic E-state index is 0.191. The molecule has 1 saturated heterocycles. The molecule has 1 atom stereocenters. The van der Waals surface area contributed by atoms with Crippen molar-refractivity contribution in [3.63, 3.8) is 0 Å². The van der Waals surface area contributed by atoms with Crippen molar-refractivity contribution < 1.29 is 9.26 Å². The summed E-state index contributed by atoms with van der Waals surface area (Å²) in [6.07, 6.45) is 4.24. The van der Waals surface area contributed by atoms with E-state index in [4.69, 9.17) is 26.6 Å². The fraction of sp³-hybridized carbons (Fsp3) is 0.429. The Hall–Kier alpha value is -1.59. The van der Waals surface area contributed by atoms with Crippen LogP contribution in [0, 0.1) is 0 Å². The lowest BCUT2D eigenvalue weighted by molar-refractivity contribution is 0.0153. The minimum Gasteiger partial charge on any atom is -0.399 e. The van der Waals surface area contributed by atoms with Gasteiger partial charge in [0.1, 0.15) is 0 Å². The van der Waals surface area contributed by atoms with Crippen LogP contribution < -0.4 is 5.73 Å². The van der Waals surface area contributed by atoms with Gasteiger partial charge < -0.3 is 15.0 Å². The average molecular weight is 294 g/mol. The Morgan fingerprint density at radius 1 is 1.35 bits per heavy atom. The van der Waals surface area contributed by atoms with E-state index in [9.17, 15) is 0 Å². The lowest BCUT2D eigenvalue weighted by atomic mass is 10.1. The number of halogens is 1. The van der Waals surface area contributed by atoms with Crippen LogP contribution in [0.4, 0.5) is 5.69 Å². The van der Waals surface area contributed by atoms with Crippen LogP contribution in [-0.2, 0) is 11.2 Å². The lowest BCUT2D eigenvalue weighted by Gasteiger charge is -2.20. The number of aromatic nitrogens is 2. The topological polar surface area (TPSA) is 74.2 Å². The zero-order chi connectivity index (χ0) is 13.9. The Balaban J connectivity index is 1.75. The van der Waals surface area contributed by atoms with E-state index in [1.165, 1.54) is 6.42 Å². The van der Waals surface area contributed by atoms with Crippen molar-refractivity contribution in [3.05, 3.63) is 29.0 Å². The molecule has 0 spiro atoms. The van der Waals surface area contributed by atoms with Gasteiger partial charge in [0.15, 0.2) is 5.82 Å². The first kappa shape index (κ1) is 13.4. The number of nitrogens with two attached hydrogens (primary N) is 1. The SMILES string of the molecule is Nc1ccc(-c2nc(CC3CCCCO3)no2)c(Cl)c1. The summed E-state index contributed by atoms with van der Waals surface area (Å²) >= 11 is 6.13. The number of anilines is 1. The maximum atomic E-state index is 6.13. The Bertz CT molecular complexity index is 594. The molecule has 0 radical (unpaired) electrons. The van der Waals surface area contributed by atoms with Gasteiger partial charge in [-0.3, -0.25) is 0 Å². The molecule has 3 rings (SSSR count). The summed E-state index contributed by atoms with van der Waals surface area (Å²) in [5, 5.41) is 4.50. The second-order valence-corrected chi connectivity index (χ2v) is 5.35. The van der Waals surface area contributed by atoms with Gasteiger partial charge in [0.05, 0.1) is 16.7 Å². The number of rotatable bonds is 3. The molecule has 0 bridgehead atoms. The number of nitrogens with zero attached hydrogens (tertiary/aromatic N) is 2. The van der Waals surface area contributed by atoms with Crippen molar-refractivity contribution >= 4 is 17.3 Å². The van der Waals surface area contributed by atoms with Gasteiger partial charge in [-0.15, -0.1) is 0 Å². The van der Waals surface area contributed by atoms with Crippen LogP contribution in [0.1, 0.15) is 25.1 Å². The molecule has 0 amide bonds. The van der Waals surface area contributed by atoms with Crippen molar-refractivity contribution in [3.8, 4) is 11.5 Å². The van der Waals surface area contributed by atoms with Crippen LogP contribution in [0.15, 0.2) is 22.7 Å². The monoisotopic (exact) mass is 293 g/mol. The Labute approximate surface area is 122 Å². The fourth-order valence-corrected chi connectivity index (χ4v) is 2.59. The van der Waals surface area contributed by atoms with Crippen LogP contribution in [0.25, 0.3) is 11.5 Å². The highest BCUT2D eigenvalue weighted by Gasteiger charge is 2.19. The maximum Gasteiger partial charge on any atom is 0.259 e. The van der Waals surface area contributed by atoms with Crippen molar-refractivity contribution in [2.45, 2.75) is 31.8 Å². The van der Waals surface area contributed by atoms with E-state index in [0.29, 0.717) is 34.4 Å². The van der Waals surface area contributed by atoms with E-state index >= 15 is 0 Å². The minimum absolute atomic E-state index is 0.191. The molecule has 2 N–H and O–H groups in total. The van der Waals surface area contributed by atoms with Gasteiger partial charge in [-0.05, 0) is 37.5 Å². The summed E-state index contributed by atoms with van der Waals surface area (Å²) < 4.78 is 10.9. The van der Waals surface area contributed by atoms with Crippen LogP contribution in [0.5, 0.6) is 0 Å². The van der Waals surface area contributed by atoms with Crippen molar-refractivity contribution in [1.29, 1.82) is 0 Å². The molecule has 0 saturated carbocycles. The second kappa shape index (κ2) is 5.81. The summed E-state index contributed by atoms with van der Waals surface area (Å²) in [5.41, 5.74) is 6.97. The van der Waals surface area contributed by atoms with Gasteiger partial charge in [-0.25, -0.2) is 0 Å². The summed E-state index contributed by atoms with van der Waals surface area (Å²) in [6, 6.07) is 5.21. The standard InChI is InChI=1S/C14H16ClN3O2/c15-12-7-9(16)4-5-11(12)14-17-13(18-20-14)8-10-3-1-2-6-19-10/h4-5,7,10H,1-3,6,8,16H2. The summed E-state index contributed by atoms with van der Waals surface area (Å²) in [6.45, 7) is 0.819. The van der Waals surface area contributed by atoms with Crippen molar-refractivity contribution in [1.82, 2.24) is 10.1 Å². The highest BCUT2D eigenvalue weighted by Crippen LogP contribution is 2.28. The Morgan fingerprint density at radius 2 is 2.25 bits per heavy atom. The van der Waals surface area contributed by atoms with E-state index < -0.39 is 0 Å². The zero-order valence-corrected chi connectivity index (χ0v) is 11.8. The van der Waals surface area contributed by atoms with Gasteiger partial charge in [-0.1, -0.05) is 16.8 Å². The van der Waals surface area contributed by atoms with E-state index in [0.717, 1.165) is 19.4 Å². The highest BCUT2D eigenvalue weighted by atomic mass is 35.5. The summed E-state index contributed by atoms with van der Waals surface area (Å²) in [4.78, 5) is 4.38. The molecule has 1 aliphatic rings. The number of benzene rings is 1. The average Bonchev–Trinajstić information content (AvgIpc) is 2.88. The first-order valence-corrected chi connectivity index (χ1v) is 7.10. The van der Waals surface area contributed by atoms with Gasteiger partial charge in [0, 0.05) is 18.7 Å². The molecule has 6 heteroatoms. The van der Waals surface area contributed by atoms with E-state index in [-0.39, 0.29) is 6.10 Å². The van der Waals surface area contributed by atoms with E-state index in [1.54, 1.807) is 18.2 Å². The molecule has 1 aromatic carbocycles. The lowest BCUT2D eigenvalue weighted by Crippen LogP contribution is -2.21. The van der Waals surface area contributed by atoms with Crippen LogP contribution in [-0.4, -0.2) is 22.9 Å². The van der Waals surface area contributed by atoms with Gasteiger partial charge in [0.2, 0.25) is 0 Å². The largest absolute Gasteiger partial charge is 0.399 e. The molecular weight excluding hydrogens is 278 g/mol. The third-order valence-corrected chi connectivity index (χ3v) is 3.69. The second-order valence-electron chi connectivity index (χ2n) is 4.95. The van der Waals surface area contributed by atoms with Gasteiger partial charge >= 0.3 is 0 Å². The molecule has 1 aliphatic heterocycles. The van der Waals surface area contributed by atoms with Crippen LogP contribution in [0.3, 0.4) is 0 Å². The molecule has 2 heterocycles. The quantitative estimate of drug-likeness (QED) is 0.880. The molecule has 1 fully saturated rings. The number of nitrogen functional groups attached to an aromatic ring is 1. The zero-order valence-electron chi connectivity index (χ0n) is 11.0. The van der Waals surface area contributed by atoms with Crippen molar-refractivity contribution in [2.24, 2.45) is 0 Å². The van der Waals surface area contributed by atoms with Crippen molar-refractivity contribution in [2.75, 3.05) is 12.3 Å². The van der Waals surface area contributed by atoms with Gasteiger partial charge in [-0.2, -0.15) is 4.98 Å². The molecular formula is C14H16ClN3O2. The Kier molecular flexibility index (Phi) is 3.89. The first-order chi connectivity index (χ1) is 9.72. The normalized spacial score (nSPS) is 19.1. The number of hydrogen-bond acceptors (Lipinski definition) is 5. The molecule has 5 nitrogen and oxygen atoms in total. The fourth-order valence-electron chi connectivity index (χ4n) is 2.32. The maximum absolute atomic E-state index is 6.13. The highest BCUT2D eigenvalue weighted by molar-refractivity contribution is 6.33. The third-order valence-electron chi connectivity index (χ3n) is 3.38. The van der Waals surface area contributed by atoms with E-state index in [2.05, 4.69) is 10.1 Å². The van der Waals surface area contributed by atoms with E-state index in [1.807, 2.05) is 0 Å². The first-order valence-electron chi connectivity index (χ1n) is 6.72. The van der Waals surface area contributed by atoms with Crippen LogP contribution >= 0.6 is 11.6 Å². The van der Waals surface area contributed by atoms with Crippen LogP contribution in [0.2, 0.25) is 5.02 Å². The summed E-state index contributed by atoms with van der Waals surface area (Å²) in [7, 11) is 0. The summed E-state index contributed by atoms with van der Waals surface area (Å²) in [5.74, 6) is 1.07. The Morgan fingerprint density at radius 3 is 3.00 bits per heavy atom. The van der Waals surface area contributed by atoms with Gasteiger partial charge in [0.25, 0.3) is 5.89 Å². The molecule has 2 aromatic rings. The molecule has 1 aromatic heterocycles. The molecule has 106 valence electrons. The molecule has 1 unspecified atom stereocenters. The number of hydrogen-bond donors (Lipinski definition) is 1. The molecule has 0 aliphatic carbocycles. The number of ether oxygens (including phenoxy) is 1. The molecule has 20 heavy (non-hydrogen) atoms. The third kappa shape index (κ3) is 2.94. The predicted octanol–water partition coefficient (Wildman–Crippen LogP) is 3.08.